The van der Waals surface area contributed by atoms with E-state index in [9.17, 15) is 9.59 Å². The number of ether oxygens (including phenoxy) is 1. The van der Waals surface area contributed by atoms with Gasteiger partial charge in [0, 0.05) is 13.1 Å². The number of hydrogen-bond acceptors (Lipinski definition) is 5. The minimum Gasteiger partial charge on any atom is -0.459 e. The first-order valence-corrected chi connectivity index (χ1v) is 8.65. The van der Waals surface area contributed by atoms with E-state index in [1.54, 1.807) is 12.1 Å². The molecule has 24 heavy (non-hydrogen) atoms. The summed E-state index contributed by atoms with van der Waals surface area (Å²) in [7, 11) is 0. The van der Waals surface area contributed by atoms with Crippen LogP contribution in [0.3, 0.4) is 0 Å². The summed E-state index contributed by atoms with van der Waals surface area (Å²) in [6, 6.07) is 5.06. The van der Waals surface area contributed by atoms with Crippen LogP contribution in [0.5, 0.6) is 0 Å². The van der Waals surface area contributed by atoms with Crippen molar-refractivity contribution in [1.82, 2.24) is 4.90 Å². The van der Waals surface area contributed by atoms with E-state index < -0.39 is 0 Å². The SMILES string of the molecule is Cc1cc(NC(=O)c2ccco2)sc1C(=O)N1C[C@@H](C)O[C@H](C)C1. The van der Waals surface area contributed by atoms with Gasteiger partial charge in [-0.1, -0.05) is 0 Å². The van der Waals surface area contributed by atoms with Crippen LogP contribution in [-0.4, -0.2) is 42.0 Å². The smallest absolute Gasteiger partial charge is 0.291 e. The van der Waals surface area contributed by atoms with Crippen molar-refractivity contribution in [3.8, 4) is 0 Å². The molecule has 2 aromatic rings. The molecule has 3 rings (SSSR count). The fraction of sp³-hybridized carbons (Fsp3) is 0.412. The highest BCUT2D eigenvalue weighted by atomic mass is 32.1. The molecular formula is C17H20N2O4S. The number of thiophene rings is 1. The minimum absolute atomic E-state index is 0.0157. The van der Waals surface area contributed by atoms with Crippen LogP contribution in [0.4, 0.5) is 5.00 Å². The fourth-order valence-corrected chi connectivity index (χ4v) is 3.86. The van der Waals surface area contributed by atoms with E-state index >= 15 is 0 Å². The molecule has 1 fully saturated rings. The minimum atomic E-state index is -0.325. The normalized spacial score (nSPS) is 20.9. The largest absolute Gasteiger partial charge is 0.459 e. The fourth-order valence-electron chi connectivity index (χ4n) is 2.82. The second-order valence-electron chi connectivity index (χ2n) is 6.02. The molecule has 128 valence electrons. The van der Waals surface area contributed by atoms with Crippen LogP contribution < -0.4 is 5.32 Å². The number of carbonyl (C=O) groups excluding carboxylic acids is 2. The zero-order valence-electron chi connectivity index (χ0n) is 13.9. The van der Waals surface area contributed by atoms with Crippen molar-refractivity contribution in [3.05, 3.63) is 40.7 Å². The van der Waals surface area contributed by atoms with E-state index in [0.29, 0.717) is 23.0 Å². The Labute approximate surface area is 144 Å². The lowest BCUT2D eigenvalue weighted by Gasteiger charge is -2.35. The predicted molar refractivity (Wildman–Crippen MR) is 91.6 cm³/mol. The highest BCUT2D eigenvalue weighted by Crippen LogP contribution is 2.29. The molecule has 0 spiro atoms. The standard InChI is InChI=1S/C17H20N2O4S/c1-10-7-14(18-16(20)13-5-4-6-22-13)24-15(10)17(21)19-8-11(2)23-12(3)9-19/h4-7,11-12H,8-9H2,1-3H3,(H,18,20)/t11-,12-/m1/s1. The maximum Gasteiger partial charge on any atom is 0.291 e. The number of anilines is 1. The van der Waals surface area contributed by atoms with Gasteiger partial charge in [-0.05, 0) is 44.5 Å². The van der Waals surface area contributed by atoms with Crippen molar-refractivity contribution < 1.29 is 18.7 Å². The number of furan rings is 1. The Balaban J connectivity index is 1.74. The third-order valence-corrected chi connectivity index (χ3v) is 4.94. The first-order valence-electron chi connectivity index (χ1n) is 7.84. The molecule has 0 bridgehead atoms. The van der Waals surface area contributed by atoms with Crippen LogP contribution in [-0.2, 0) is 4.74 Å². The lowest BCUT2D eigenvalue weighted by atomic mass is 10.2. The van der Waals surface area contributed by atoms with E-state index in [-0.39, 0.29) is 29.8 Å². The summed E-state index contributed by atoms with van der Waals surface area (Å²) in [6.07, 6.45) is 1.50. The van der Waals surface area contributed by atoms with Gasteiger partial charge in [0.15, 0.2) is 5.76 Å². The molecule has 2 atom stereocenters. The summed E-state index contributed by atoms with van der Waals surface area (Å²) >= 11 is 1.28. The Hall–Kier alpha value is -2.12. The van der Waals surface area contributed by atoms with E-state index in [2.05, 4.69) is 5.32 Å². The van der Waals surface area contributed by atoms with Crippen molar-refractivity contribution in [3.63, 3.8) is 0 Å². The molecule has 2 aromatic heterocycles. The van der Waals surface area contributed by atoms with Gasteiger partial charge < -0.3 is 19.4 Å². The molecule has 0 unspecified atom stereocenters. The van der Waals surface area contributed by atoms with Crippen molar-refractivity contribution in [1.29, 1.82) is 0 Å². The number of hydrogen-bond donors (Lipinski definition) is 1. The van der Waals surface area contributed by atoms with Crippen LogP contribution in [0.25, 0.3) is 0 Å². The van der Waals surface area contributed by atoms with Gasteiger partial charge in [-0.25, -0.2) is 0 Å². The summed E-state index contributed by atoms with van der Waals surface area (Å²) < 4.78 is 10.7. The van der Waals surface area contributed by atoms with Gasteiger partial charge in [-0.2, -0.15) is 0 Å². The molecule has 1 aliphatic heterocycles. The van der Waals surface area contributed by atoms with Gasteiger partial charge in [0.05, 0.1) is 28.3 Å². The van der Waals surface area contributed by atoms with Gasteiger partial charge >= 0.3 is 0 Å². The van der Waals surface area contributed by atoms with Crippen molar-refractivity contribution in [2.45, 2.75) is 33.0 Å². The lowest BCUT2D eigenvalue weighted by molar-refractivity contribution is -0.0585. The first-order chi connectivity index (χ1) is 11.4. The van der Waals surface area contributed by atoms with Crippen LogP contribution in [0.1, 0.15) is 39.6 Å². The Morgan fingerprint density at radius 2 is 2.00 bits per heavy atom. The molecule has 2 amide bonds. The molecule has 0 radical (unpaired) electrons. The molecular weight excluding hydrogens is 328 g/mol. The molecule has 3 heterocycles. The van der Waals surface area contributed by atoms with Crippen molar-refractivity contribution in [2.75, 3.05) is 18.4 Å². The molecule has 1 N–H and O–H groups in total. The van der Waals surface area contributed by atoms with Crippen LogP contribution in [0.2, 0.25) is 0 Å². The summed E-state index contributed by atoms with van der Waals surface area (Å²) in [6.45, 7) is 6.96. The summed E-state index contributed by atoms with van der Waals surface area (Å²) in [5, 5.41) is 3.40. The number of aryl methyl sites for hydroxylation is 1. The van der Waals surface area contributed by atoms with Gasteiger partial charge in [-0.15, -0.1) is 11.3 Å². The van der Waals surface area contributed by atoms with Gasteiger partial charge in [0.2, 0.25) is 0 Å². The maximum atomic E-state index is 12.8. The van der Waals surface area contributed by atoms with Crippen LogP contribution >= 0.6 is 11.3 Å². The maximum absolute atomic E-state index is 12.8. The molecule has 1 saturated heterocycles. The highest BCUT2D eigenvalue weighted by Gasteiger charge is 2.28. The highest BCUT2D eigenvalue weighted by molar-refractivity contribution is 7.18. The summed E-state index contributed by atoms with van der Waals surface area (Å²) in [5.41, 5.74) is 0.853. The Morgan fingerprint density at radius 1 is 1.29 bits per heavy atom. The lowest BCUT2D eigenvalue weighted by Crippen LogP contribution is -2.48. The third kappa shape index (κ3) is 3.52. The van der Waals surface area contributed by atoms with E-state index in [1.807, 2.05) is 31.7 Å². The molecule has 7 heteroatoms. The molecule has 0 aromatic carbocycles. The average molecular weight is 348 g/mol. The topological polar surface area (TPSA) is 71.8 Å². The number of nitrogens with zero attached hydrogens (tertiary/aromatic N) is 1. The number of rotatable bonds is 3. The Bertz CT molecular complexity index is 728. The number of amides is 2. The zero-order chi connectivity index (χ0) is 17.3. The van der Waals surface area contributed by atoms with Gasteiger partial charge in [-0.3, -0.25) is 9.59 Å². The summed E-state index contributed by atoms with van der Waals surface area (Å²) in [5.74, 6) is -0.100. The number of morpholine rings is 1. The predicted octanol–water partition coefficient (Wildman–Crippen LogP) is 3.15. The van der Waals surface area contributed by atoms with Crippen LogP contribution in [0, 0.1) is 6.92 Å². The Morgan fingerprint density at radius 3 is 2.62 bits per heavy atom. The molecule has 6 nitrogen and oxygen atoms in total. The van der Waals surface area contributed by atoms with E-state index in [4.69, 9.17) is 9.15 Å². The third-order valence-electron chi connectivity index (χ3n) is 3.80. The zero-order valence-corrected chi connectivity index (χ0v) is 14.7. The Kier molecular flexibility index (Phi) is 4.73. The average Bonchev–Trinajstić information content (AvgIpc) is 3.15. The molecule has 1 aliphatic rings. The first kappa shape index (κ1) is 16.7. The number of nitrogens with one attached hydrogen (secondary N) is 1. The summed E-state index contributed by atoms with van der Waals surface area (Å²) in [4.78, 5) is 27.3. The van der Waals surface area contributed by atoms with Crippen molar-refractivity contribution in [2.24, 2.45) is 0 Å². The van der Waals surface area contributed by atoms with E-state index in [0.717, 1.165) is 5.56 Å². The monoisotopic (exact) mass is 348 g/mol. The van der Waals surface area contributed by atoms with Gasteiger partial charge in [0.1, 0.15) is 0 Å². The van der Waals surface area contributed by atoms with E-state index in [1.165, 1.54) is 17.6 Å². The molecule has 0 aliphatic carbocycles. The second kappa shape index (κ2) is 6.78. The van der Waals surface area contributed by atoms with Crippen molar-refractivity contribution >= 4 is 28.2 Å². The van der Waals surface area contributed by atoms with Gasteiger partial charge in [0.25, 0.3) is 11.8 Å². The number of carbonyl (C=O) groups is 2. The quantitative estimate of drug-likeness (QED) is 0.925. The molecule has 0 saturated carbocycles. The van der Waals surface area contributed by atoms with Crippen LogP contribution in [0.15, 0.2) is 28.9 Å². The second-order valence-corrected chi connectivity index (χ2v) is 7.07.